The molecule has 0 amide bonds. The van der Waals surface area contributed by atoms with Gasteiger partial charge in [-0.25, -0.2) is 0 Å². The third kappa shape index (κ3) is 3.46. The number of anilines is 1. The van der Waals surface area contributed by atoms with Gasteiger partial charge in [-0.2, -0.15) is 0 Å². The van der Waals surface area contributed by atoms with Gasteiger partial charge >= 0.3 is 0 Å². The second-order valence-electron chi connectivity index (χ2n) is 4.64. The summed E-state index contributed by atoms with van der Waals surface area (Å²) in [5.41, 5.74) is 1.94. The van der Waals surface area contributed by atoms with Crippen LogP contribution in [0.5, 0.6) is 0 Å². The van der Waals surface area contributed by atoms with E-state index in [1.807, 2.05) is 18.2 Å². The Bertz CT molecular complexity index is 453. The average Bonchev–Trinajstić information content (AvgIpc) is 2.69. The lowest BCUT2D eigenvalue weighted by Crippen LogP contribution is -2.26. The van der Waals surface area contributed by atoms with Crippen LogP contribution in [0.15, 0.2) is 18.2 Å². The zero-order chi connectivity index (χ0) is 13.1. The van der Waals surface area contributed by atoms with Gasteiger partial charge in [-0.3, -0.25) is 4.21 Å². The molecule has 1 aromatic rings. The first-order valence-corrected chi connectivity index (χ1v) is 8.13. The van der Waals surface area contributed by atoms with E-state index in [4.69, 9.17) is 16.3 Å². The standard InChI is InChI=1S/C13H18ClNO2S/c1-9-13(5-6-17-9)15-11-3-4-12(14)10(7-11)8-18(2)16/h3-4,7,9,13,15H,5-6,8H2,1-2H3/t9-,13-,18+/m0/s1. The van der Waals surface area contributed by atoms with Crippen LogP contribution in [0.1, 0.15) is 18.9 Å². The number of rotatable bonds is 4. The Morgan fingerprint density at radius 3 is 2.94 bits per heavy atom. The van der Waals surface area contributed by atoms with Crippen molar-refractivity contribution < 1.29 is 8.95 Å². The Labute approximate surface area is 115 Å². The third-order valence-electron chi connectivity index (χ3n) is 3.13. The highest BCUT2D eigenvalue weighted by Crippen LogP contribution is 2.24. The zero-order valence-electron chi connectivity index (χ0n) is 10.6. The maximum Gasteiger partial charge on any atom is 0.0748 e. The number of ether oxygens (including phenoxy) is 1. The molecule has 18 heavy (non-hydrogen) atoms. The quantitative estimate of drug-likeness (QED) is 0.925. The van der Waals surface area contributed by atoms with Crippen molar-refractivity contribution in [2.45, 2.75) is 31.2 Å². The summed E-state index contributed by atoms with van der Waals surface area (Å²) in [7, 11) is -0.883. The lowest BCUT2D eigenvalue weighted by molar-refractivity contribution is 0.121. The Morgan fingerprint density at radius 1 is 1.56 bits per heavy atom. The SMILES string of the molecule is C[C@@H]1OCC[C@@H]1Nc1ccc(Cl)c(C[S@@](C)=O)c1. The first-order chi connectivity index (χ1) is 8.56. The summed E-state index contributed by atoms with van der Waals surface area (Å²) in [5, 5.41) is 4.12. The van der Waals surface area contributed by atoms with E-state index in [1.165, 1.54) is 0 Å². The molecule has 0 bridgehead atoms. The zero-order valence-corrected chi connectivity index (χ0v) is 12.2. The van der Waals surface area contributed by atoms with E-state index < -0.39 is 10.8 Å². The van der Waals surface area contributed by atoms with Gasteiger partial charge in [0.05, 0.1) is 12.1 Å². The van der Waals surface area contributed by atoms with Crippen LogP contribution in [0.2, 0.25) is 5.02 Å². The molecule has 3 nitrogen and oxygen atoms in total. The number of benzene rings is 1. The van der Waals surface area contributed by atoms with Crippen molar-refractivity contribution in [2.24, 2.45) is 0 Å². The minimum absolute atomic E-state index is 0.226. The molecular formula is C13H18ClNO2S. The Balaban J connectivity index is 2.11. The lowest BCUT2D eigenvalue weighted by atomic mass is 10.1. The Hall–Kier alpha value is -0.580. The van der Waals surface area contributed by atoms with Crippen LogP contribution in [-0.2, 0) is 21.3 Å². The maximum absolute atomic E-state index is 11.3. The van der Waals surface area contributed by atoms with E-state index in [2.05, 4.69) is 12.2 Å². The summed E-state index contributed by atoms with van der Waals surface area (Å²) in [4.78, 5) is 0. The van der Waals surface area contributed by atoms with Gasteiger partial charge in [-0.1, -0.05) is 11.6 Å². The first kappa shape index (κ1) is 13.8. The van der Waals surface area contributed by atoms with E-state index in [-0.39, 0.29) is 6.10 Å². The molecule has 5 heteroatoms. The van der Waals surface area contributed by atoms with Crippen molar-refractivity contribution in [3.05, 3.63) is 28.8 Å². The highest BCUT2D eigenvalue weighted by atomic mass is 35.5. The van der Waals surface area contributed by atoms with Gasteiger partial charge in [0.1, 0.15) is 0 Å². The van der Waals surface area contributed by atoms with Crippen LogP contribution in [0.4, 0.5) is 5.69 Å². The second kappa shape index (κ2) is 6.04. The second-order valence-corrected chi connectivity index (χ2v) is 6.48. The number of hydrogen-bond donors (Lipinski definition) is 1. The fourth-order valence-electron chi connectivity index (χ4n) is 2.13. The molecule has 0 unspecified atom stereocenters. The minimum Gasteiger partial charge on any atom is -0.380 e. The third-order valence-corrected chi connectivity index (χ3v) is 4.22. The van der Waals surface area contributed by atoms with E-state index in [0.717, 1.165) is 24.3 Å². The van der Waals surface area contributed by atoms with Gasteiger partial charge < -0.3 is 10.1 Å². The van der Waals surface area contributed by atoms with Crippen molar-refractivity contribution >= 4 is 28.1 Å². The summed E-state index contributed by atoms with van der Waals surface area (Å²) >= 11 is 6.10. The predicted octanol–water partition coefficient (Wildman–Crippen LogP) is 2.81. The molecule has 0 aliphatic carbocycles. The minimum atomic E-state index is -0.883. The molecule has 0 saturated carbocycles. The lowest BCUT2D eigenvalue weighted by Gasteiger charge is -2.18. The smallest absolute Gasteiger partial charge is 0.0748 e. The summed E-state index contributed by atoms with van der Waals surface area (Å²) in [6.07, 6.45) is 2.92. The van der Waals surface area contributed by atoms with Crippen LogP contribution in [0.25, 0.3) is 0 Å². The van der Waals surface area contributed by atoms with Crippen LogP contribution in [0.3, 0.4) is 0 Å². The normalized spacial score (nSPS) is 25.1. The van der Waals surface area contributed by atoms with Crippen molar-refractivity contribution in [3.63, 3.8) is 0 Å². The summed E-state index contributed by atoms with van der Waals surface area (Å²) < 4.78 is 16.8. The van der Waals surface area contributed by atoms with Crippen LogP contribution in [0, 0.1) is 0 Å². The maximum atomic E-state index is 11.3. The van der Waals surface area contributed by atoms with E-state index >= 15 is 0 Å². The summed E-state index contributed by atoms with van der Waals surface area (Å²) in [5.74, 6) is 0.491. The molecule has 1 aromatic carbocycles. The van der Waals surface area contributed by atoms with E-state index in [9.17, 15) is 4.21 Å². The Kier molecular flexibility index (Phi) is 4.65. The predicted molar refractivity (Wildman–Crippen MR) is 76.7 cm³/mol. The van der Waals surface area contributed by atoms with E-state index in [1.54, 1.807) is 6.26 Å². The van der Waals surface area contributed by atoms with Gasteiger partial charge in [-0.05, 0) is 37.1 Å². The van der Waals surface area contributed by atoms with Crippen LogP contribution in [-0.4, -0.2) is 29.2 Å². The van der Waals surface area contributed by atoms with E-state index in [0.29, 0.717) is 16.8 Å². The molecule has 1 aliphatic rings. The molecule has 100 valence electrons. The molecule has 0 radical (unpaired) electrons. The fraction of sp³-hybridized carbons (Fsp3) is 0.538. The molecule has 1 fully saturated rings. The highest BCUT2D eigenvalue weighted by molar-refractivity contribution is 7.83. The van der Waals surface area contributed by atoms with Gasteiger partial charge in [-0.15, -0.1) is 0 Å². The molecule has 1 saturated heterocycles. The molecule has 0 spiro atoms. The molecule has 0 aromatic heterocycles. The van der Waals surface area contributed by atoms with Gasteiger partial charge in [0, 0.05) is 40.1 Å². The van der Waals surface area contributed by atoms with Crippen molar-refractivity contribution in [3.8, 4) is 0 Å². The fourth-order valence-corrected chi connectivity index (χ4v) is 3.07. The molecule has 1 heterocycles. The van der Waals surface area contributed by atoms with Crippen LogP contribution < -0.4 is 5.32 Å². The first-order valence-electron chi connectivity index (χ1n) is 6.03. The monoisotopic (exact) mass is 287 g/mol. The Morgan fingerprint density at radius 2 is 2.33 bits per heavy atom. The molecule has 3 atom stereocenters. The number of halogens is 1. The molecule has 1 N–H and O–H groups in total. The largest absolute Gasteiger partial charge is 0.380 e. The number of nitrogens with one attached hydrogen (secondary N) is 1. The van der Waals surface area contributed by atoms with Crippen LogP contribution >= 0.6 is 11.6 Å². The summed E-state index contributed by atoms with van der Waals surface area (Å²) in [6, 6.07) is 6.13. The van der Waals surface area contributed by atoms with Crippen molar-refractivity contribution in [2.75, 3.05) is 18.2 Å². The van der Waals surface area contributed by atoms with Crippen molar-refractivity contribution in [1.82, 2.24) is 0 Å². The summed E-state index contributed by atoms with van der Waals surface area (Å²) in [6.45, 7) is 2.88. The average molecular weight is 288 g/mol. The number of hydrogen-bond acceptors (Lipinski definition) is 3. The topological polar surface area (TPSA) is 38.3 Å². The molecule has 1 aliphatic heterocycles. The molecule has 2 rings (SSSR count). The van der Waals surface area contributed by atoms with Crippen molar-refractivity contribution in [1.29, 1.82) is 0 Å². The van der Waals surface area contributed by atoms with Gasteiger partial charge in [0.25, 0.3) is 0 Å². The molecular weight excluding hydrogens is 270 g/mol. The van der Waals surface area contributed by atoms with Gasteiger partial charge in [0.2, 0.25) is 0 Å². The highest BCUT2D eigenvalue weighted by Gasteiger charge is 2.23. The van der Waals surface area contributed by atoms with Gasteiger partial charge in [0.15, 0.2) is 0 Å².